The summed E-state index contributed by atoms with van der Waals surface area (Å²) in [7, 11) is 1.41. The molecule has 0 aliphatic carbocycles. The third-order valence-corrected chi connectivity index (χ3v) is 1.87. The molecule has 3 heteroatoms. The number of nitrogens with zero attached hydrogens (tertiary/aromatic N) is 1. The monoisotopic (exact) mass is 185 g/mol. The molecule has 1 amide bonds. The maximum absolute atomic E-state index is 10.9. The Labute approximate surface area is 80.4 Å². The van der Waals surface area contributed by atoms with Crippen LogP contribution in [0.25, 0.3) is 0 Å². The van der Waals surface area contributed by atoms with E-state index in [1.54, 1.807) is 4.90 Å². The number of carbonyl (C=O) groups is 1. The van der Waals surface area contributed by atoms with Gasteiger partial charge in [-0.25, -0.2) is 4.79 Å². The van der Waals surface area contributed by atoms with Gasteiger partial charge in [0.05, 0.1) is 7.11 Å². The zero-order valence-corrected chi connectivity index (χ0v) is 8.96. The zero-order chi connectivity index (χ0) is 10.3. The second-order valence-corrected chi connectivity index (χ2v) is 2.72. The second-order valence-electron chi connectivity index (χ2n) is 2.72. The van der Waals surface area contributed by atoms with Crippen LogP contribution in [0.2, 0.25) is 0 Å². The highest BCUT2D eigenvalue weighted by atomic mass is 16.5. The van der Waals surface area contributed by atoms with Gasteiger partial charge in [-0.2, -0.15) is 0 Å². The first-order valence-corrected chi connectivity index (χ1v) is 4.72. The molecule has 0 fully saturated rings. The molecule has 0 spiro atoms. The number of carbonyl (C=O) groups excluding carboxylic acids is 1. The van der Waals surface area contributed by atoms with E-state index in [2.05, 4.69) is 17.7 Å². The van der Waals surface area contributed by atoms with Crippen LogP contribution < -0.4 is 0 Å². The van der Waals surface area contributed by atoms with Crippen LogP contribution in [0.4, 0.5) is 4.79 Å². The molecule has 0 aromatic rings. The summed E-state index contributed by atoms with van der Waals surface area (Å²) in [6.45, 7) is 7.56. The van der Waals surface area contributed by atoms with E-state index in [4.69, 9.17) is 0 Å². The predicted molar refractivity (Wildman–Crippen MR) is 53.7 cm³/mol. The van der Waals surface area contributed by atoms with Crippen molar-refractivity contribution >= 4 is 6.09 Å². The Hall–Kier alpha value is -0.990. The zero-order valence-electron chi connectivity index (χ0n) is 8.96. The van der Waals surface area contributed by atoms with Crippen molar-refractivity contribution in [2.45, 2.75) is 27.2 Å². The summed E-state index contributed by atoms with van der Waals surface area (Å²) in [5, 5.41) is 0. The van der Waals surface area contributed by atoms with Crippen molar-refractivity contribution in [3.05, 3.63) is 11.6 Å². The highest BCUT2D eigenvalue weighted by Gasteiger charge is 2.14. The van der Waals surface area contributed by atoms with E-state index >= 15 is 0 Å². The van der Waals surface area contributed by atoms with E-state index in [0.29, 0.717) is 6.54 Å². The minimum Gasteiger partial charge on any atom is -0.453 e. The number of methoxy groups -OCH3 is 1. The lowest BCUT2D eigenvalue weighted by molar-refractivity contribution is 0.127. The average Bonchev–Trinajstić information content (AvgIpc) is 2.21. The van der Waals surface area contributed by atoms with Crippen LogP contribution in [0.3, 0.4) is 0 Å². The van der Waals surface area contributed by atoms with Crippen LogP contribution in [-0.2, 0) is 4.74 Å². The fourth-order valence-corrected chi connectivity index (χ4v) is 1.07. The summed E-state index contributed by atoms with van der Waals surface area (Å²) >= 11 is 0. The molecule has 3 nitrogen and oxygen atoms in total. The van der Waals surface area contributed by atoms with Gasteiger partial charge in [0.1, 0.15) is 0 Å². The largest absolute Gasteiger partial charge is 0.453 e. The van der Waals surface area contributed by atoms with E-state index < -0.39 is 0 Å². The predicted octanol–water partition coefficient (Wildman–Crippen LogP) is 2.43. The second kappa shape index (κ2) is 6.52. The van der Waals surface area contributed by atoms with Gasteiger partial charge < -0.3 is 9.64 Å². The molecule has 0 radical (unpaired) electrons. The summed E-state index contributed by atoms with van der Waals surface area (Å²) in [5.74, 6) is 0. The molecule has 1 aliphatic heterocycles. The summed E-state index contributed by atoms with van der Waals surface area (Å²) in [4.78, 5) is 12.6. The molecule has 0 unspecified atom stereocenters. The van der Waals surface area contributed by atoms with E-state index in [-0.39, 0.29) is 6.09 Å². The van der Waals surface area contributed by atoms with Crippen LogP contribution in [0, 0.1) is 0 Å². The number of amides is 1. The van der Waals surface area contributed by atoms with Gasteiger partial charge in [-0.15, -0.1) is 0 Å². The normalized spacial score (nSPS) is 15.4. The van der Waals surface area contributed by atoms with Crippen molar-refractivity contribution in [3.8, 4) is 0 Å². The molecule has 0 aromatic heterocycles. The van der Waals surface area contributed by atoms with E-state index in [9.17, 15) is 4.79 Å². The molecule has 0 saturated carbocycles. The first kappa shape index (κ1) is 12.0. The molecule has 0 bridgehead atoms. The van der Waals surface area contributed by atoms with Crippen LogP contribution in [0.5, 0.6) is 0 Å². The van der Waals surface area contributed by atoms with Crippen LogP contribution in [-0.4, -0.2) is 31.2 Å². The number of hydrogen-bond donors (Lipinski definition) is 0. The Morgan fingerprint density at radius 3 is 2.54 bits per heavy atom. The molecule has 76 valence electrons. The lowest BCUT2D eigenvalue weighted by Crippen LogP contribution is -2.34. The Morgan fingerprint density at radius 1 is 1.54 bits per heavy atom. The molecule has 0 saturated heterocycles. The Bertz CT molecular complexity index is 187. The molecule has 1 heterocycles. The summed E-state index contributed by atoms with van der Waals surface area (Å²) < 4.78 is 4.58. The molecule has 13 heavy (non-hydrogen) atoms. The van der Waals surface area contributed by atoms with E-state index in [1.807, 2.05) is 13.8 Å². The minimum absolute atomic E-state index is 0.228. The van der Waals surface area contributed by atoms with Gasteiger partial charge in [-0.05, 0) is 13.3 Å². The van der Waals surface area contributed by atoms with E-state index in [1.165, 1.54) is 12.7 Å². The molecule has 0 N–H and O–H groups in total. The number of hydrogen-bond acceptors (Lipinski definition) is 2. The maximum Gasteiger partial charge on any atom is 0.409 e. The van der Waals surface area contributed by atoms with Gasteiger partial charge >= 0.3 is 6.09 Å². The lowest BCUT2D eigenvalue weighted by atomic mass is 10.1. The summed E-state index contributed by atoms with van der Waals surface area (Å²) in [5.41, 5.74) is 1.35. The van der Waals surface area contributed by atoms with E-state index in [0.717, 1.165) is 13.0 Å². The minimum atomic E-state index is -0.228. The van der Waals surface area contributed by atoms with Crippen molar-refractivity contribution in [2.75, 3.05) is 20.2 Å². The van der Waals surface area contributed by atoms with Crippen LogP contribution in [0.15, 0.2) is 11.6 Å². The van der Waals surface area contributed by atoms with Crippen molar-refractivity contribution in [3.63, 3.8) is 0 Å². The van der Waals surface area contributed by atoms with Gasteiger partial charge in [-0.3, -0.25) is 0 Å². The third kappa shape index (κ3) is 3.97. The van der Waals surface area contributed by atoms with Crippen molar-refractivity contribution in [1.29, 1.82) is 0 Å². The first-order chi connectivity index (χ1) is 6.24. The SMILES string of the molecule is CC.COC(=O)N1CC=C(C)CC1. The Balaban J connectivity index is 0.000000671. The lowest BCUT2D eigenvalue weighted by Gasteiger charge is -2.23. The molecule has 0 aromatic carbocycles. The standard InChI is InChI=1S/C8H13NO2.C2H6/c1-7-3-5-9(6-4-7)8(10)11-2;1-2/h3H,4-6H2,1-2H3;1-2H3. The molecule has 1 rings (SSSR count). The number of ether oxygens (including phenoxy) is 1. The van der Waals surface area contributed by atoms with Gasteiger partial charge in [0.15, 0.2) is 0 Å². The summed E-state index contributed by atoms with van der Waals surface area (Å²) in [6.07, 6.45) is 2.80. The Morgan fingerprint density at radius 2 is 2.15 bits per heavy atom. The van der Waals surface area contributed by atoms with Crippen LogP contribution in [0.1, 0.15) is 27.2 Å². The van der Waals surface area contributed by atoms with Crippen molar-refractivity contribution < 1.29 is 9.53 Å². The summed E-state index contributed by atoms with van der Waals surface area (Å²) in [6, 6.07) is 0. The first-order valence-electron chi connectivity index (χ1n) is 4.72. The average molecular weight is 185 g/mol. The van der Waals surface area contributed by atoms with Crippen molar-refractivity contribution in [1.82, 2.24) is 4.90 Å². The fraction of sp³-hybridized carbons (Fsp3) is 0.700. The number of rotatable bonds is 0. The molecular formula is C10H19NO2. The van der Waals surface area contributed by atoms with Gasteiger partial charge in [0.25, 0.3) is 0 Å². The van der Waals surface area contributed by atoms with Gasteiger partial charge in [0, 0.05) is 13.1 Å². The highest BCUT2D eigenvalue weighted by Crippen LogP contribution is 2.09. The quantitative estimate of drug-likeness (QED) is 0.542. The third-order valence-electron chi connectivity index (χ3n) is 1.87. The maximum atomic E-state index is 10.9. The fourth-order valence-electron chi connectivity index (χ4n) is 1.07. The molecule has 0 atom stereocenters. The molecule has 1 aliphatic rings. The van der Waals surface area contributed by atoms with Gasteiger partial charge in [0.2, 0.25) is 0 Å². The molecular weight excluding hydrogens is 166 g/mol. The van der Waals surface area contributed by atoms with Crippen molar-refractivity contribution in [2.24, 2.45) is 0 Å². The smallest absolute Gasteiger partial charge is 0.409 e. The topological polar surface area (TPSA) is 29.5 Å². The highest BCUT2D eigenvalue weighted by molar-refractivity contribution is 5.67. The van der Waals surface area contributed by atoms with Gasteiger partial charge in [-0.1, -0.05) is 25.5 Å². The van der Waals surface area contributed by atoms with Crippen LogP contribution >= 0.6 is 0 Å². The Kier molecular flexibility index (Phi) is 6.02.